The first-order chi connectivity index (χ1) is 10.7. The van der Waals surface area contributed by atoms with Gasteiger partial charge in [-0.3, -0.25) is 0 Å². The van der Waals surface area contributed by atoms with Crippen molar-refractivity contribution in [3.8, 4) is 6.07 Å². The minimum Gasteiger partial charge on any atom is -0.361 e. The first-order valence-electron chi connectivity index (χ1n) is 7.38. The number of hydrogen-bond acceptors (Lipinski definition) is 3. The van der Waals surface area contributed by atoms with Crippen molar-refractivity contribution >= 4 is 0 Å². The van der Waals surface area contributed by atoms with Crippen LogP contribution in [0.1, 0.15) is 47.3 Å². The van der Waals surface area contributed by atoms with Crippen LogP contribution in [0.15, 0.2) is 42.5 Å². The van der Waals surface area contributed by atoms with Crippen molar-refractivity contribution in [2.45, 2.75) is 25.0 Å². The Morgan fingerprint density at radius 2 is 1.91 bits per heavy atom. The van der Waals surface area contributed by atoms with Crippen LogP contribution in [-0.4, -0.2) is 6.54 Å². The molecule has 0 radical (unpaired) electrons. The third-order valence-electron chi connectivity index (χ3n) is 3.99. The summed E-state index contributed by atoms with van der Waals surface area (Å²) in [5, 5.41) is 9.09. The Bertz CT molecular complexity index is 706. The zero-order valence-corrected chi connectivity index (χ0v) is 12.1. The third-order valence-corrected chi connectivity index (χ3v) is 3.99. The minimum atomic E-state index is -0.263. The molecule has 112 valence electrons. The maximum absolute atomic E-state index is 13.1. The van der Waals surface area contributed by atoms with Crippen molar-refractivity contribution in [2.75, 3.05) is 6.54 Å². The quantitative estimate of drug-likeness (QED) is 0.937. The normalized spacial score (nSPS) is 19.7. The van der Waals surface area contributed by atoms with E-state index < -0.39 is 0 Å². The highest BCUT2D eigenvalue weighted by Gasteiger charge is 2.32. The molecule has 0 saturated heterocycles. The van der Waals surface area contributed by atoms with E-state index in [1.54, 1.807) is 18.2 Å². The summed E-state index contributed by atoms with van der Waals surface area (Å²) in [6, 6.07) is 14.2. The summed E-state index contributed by atoms with van der Waals surface area (Å²) in [4.78, 5) is 0. The molecule has 2 unspecified atom stereocenters. The lowest BCUT2D eigenvalue weighted by molar-refractivity contribution is 0.0277. The molecule has 4 heteroatoms. The molecule has 0 saturated carbocycles. The molecular weight excluding hydrogens is 279 g/mol. The molecule has 0 aromatic heterocycles. The van der Waals surface area contributed by atoms with Gasteiger partial charge in [-0.2, -0.15) is 5.26 Å². The summed E-state index contributed by atoms with van der Waals surface area (Å²) in [6.07, 6.45) is 1.39. The SMILES string of the molecule is N#Cc1ccc2c(c1)C(CCCN)OC2c1ccc(F)cc1. The van der Waals surface area contributed by atoms with Crippen molar-refractivity contribution in [1.29, 1.82) is 5.26 Å². The van der Waals surface area contributed by atoms with Crippen LogP contribution in [0.25, 0.3) is 0 Å². The smallest absolute Gasteiger partial charge is 0.123 e. The van der Waals surface area contributed by atoms with Crippen LogP contribution < -0.4 is 5.73 Å². The Kier molecular flexibility index (Phi) is 4.19. The van der Waals surface area contributed by atoms with Crippen LogP contribution in [-0.2, 0) is 4.74 Å². The van der Waals surface area contributed by atoms with Gasteiger partial charge in [0.2, 0.25) is 0 Å². The van der Waals surface area contributed by atoms with Crippen LogP contribution in [0.4, 0.5) is 4.39 Å². The number of nitrogens with two attached hydrogens (primary N) is 1. The Hall–Kier alpha value is -2.22. The number of fused-ring (bicyclic) bond motifs is 1. The van der Waals surface area contributed by atoms with E-state index in [-0.39, 0.29) is 18.0 Å². The first-order valence-corrected chi connectivity index (χ1v) is 7.38. The van der Waals surface area contributed by atoms with Gasteiger partial charge in [0.25, 0.3) is 0 Å². The van der Waals surface area contributed by atoms with Crippen LogP contribution >= 0.6 is 0 Å². The molecule has 3 rings (SSSR count). The van der Waals surface area contributed by atoms with Crippen LogP contribution in [0.2, 0.25) is 0 Å². The number of ether oxygens (including phenoxy) is 1. The molecule has 2 atom stereocenters. The summed E-state index contributed by atoms with van der Waals surface area (Å²) in [7, 11) is 0. The molecule has 0 spiro atoms. The maximum atomic E-state index is 13.1. The number of nitriles is 1. The summed E-state index contributed by atoms with van der Waals surface area (Å²) in [6.45, 7) is 0.606. The van der Waals surface area contributed by atoms with E-state index in [0.717, 1.165) is 29.5 Å². The second-order valence-corrected chi connectivity index (χ2v) is 5.44. The molecule has 1 aliphatic rings. The van der Waals surface area contributed by atoms with Crippen molar-refractivity contribution in [2.24, 2.45) is 5.73 Å². The van der Waals surface area contributed by atoms with E-state index in [1.165, 1.54) is 12.1 Å². The highest BCUT2D eigenvalue weighted by atomic mass is 19.1. The van der Waals surface area contributed by atoms with Gasteiger partial charge >= 0.3 is 0 Å². The van der Waals surface area contributed by atoms with Gasteiger partial charge in [0, 0.05) is 0 Å². The number of nitrogens with zero attached hydrogens (tertiary/aromatic N) is 1. The second kappa shape index (κ2) is 6.27. The fourth-order valence-electron chi connectivity index (χ4n) is 2.90. The van der Waals surface area contributed by atoms with E-state index in [4.69, 9.17) is 15.7 Å². The monoisotopic (exact) mass is 296 g/mol. The lowest BCUT2D eigenvalue weighted by atomic mass is 9.94. The number of benzene rings is 2. The topological polar surface area (TPSA) is 59.0 Å². The number of rotatable bonds is 4. The Morgan fingerprint density at radius 1 is 1.14 bits per heavy atom. The van der Waals surface area contributed by atoms with E-state index in [2.05, 4.69) is 6.07 Å². The van der Waals surface area contributed by atoms with E-state index in [0.29, 0.717) is 12.1 Å². The third kappa shape index (κ3) is 2.74. The highest BCUT2D eigenvalue weighted by molar-refractivity contribution is 5.45. The fourth-order valence-corrected chi connectivity index (χ4v) is 2.90. The first kappa shape index (κ1) is 14.7. The zero-order valence-electron chi connectivity index (χ0n) is 12.1. The van der Waals surface area contributed by atoms with Crippen LogP contribution in [0, 0.1) is 17.1 Å². The lowest BCUT2D eigenvalue weighted by Crippen LogP contribution is -2.04. The molecular formula is C18H17FN2O. The molecule has 3 nitrogen and oxygen atoms in total. The largest absolute Gasteiger partial charge is 0.361 e. The van der Waals surface area contributed by atoms with Crippen molar-refractivity contribution in [3.63, 3.8) is 0 Å². The van der Waals surface area contributed by atoms with Gasteiger partial charge in [-0.1, -0.05) is 18.2 Å². The molecule has 22 heavy (non-hydrogen) atoms. The molecule has 2 aromatic rings. The van der Waals surface area contributed by atoms with Gasteiger partial charge in [-0.25, -0.2) is 4.39 Å². The Balaban J connectivity index is 1.98. The zero-order chi connectivity index (χ0) is 15.5. The standard InChI is InChI=1S/C18H17FN2O/c19-14-6-4-13(5-7-14)18-15-8-3-12(11-21)10-16(15)17(22-18)2-1-9-20/h3-8,10,17-18H,1-2,9,20H2. The molecule has 2 N–H and O–H groups in total. The molecule has 0 bridgehead atoms. The number of halogens is 1. The van der Waals surface area contributed by atoms with Gasteiger partial charge in [-0.05, 0) is 60.3 Å². The molecule has 1 heterocycles. The molecule has 1 aliphatic heterocycles. The van der Waals surface area contributed by atoms with E-state index in [1.807, 2.05) is 12.1 Å². The maximum Gasteiger partial charge on any atom is 0.123 e. The minimum absolute atomic E-state index is 0.0677. The predicted octanol–water partition coefficient (Wildman–Crippen LogP) is 3.60. The average Bonchev–Trinajstić information content (AvgIpc) is 2.91. The summed E-state index contributed by atoms with van der Waals surface area (Å²) >= 11 is 0. The summed E-state index contributed by atoms with van der Waals surface area (Å²) in [5.74, 6) is -0.263. The summed E-state index contributed by atoms with van der Waals surface area (Å²) < 4.78 is 19.3. The fraction of sp³-hybridized carbons (Fsp3) is 0.278. The van der Waals surface area contributed by atoms with Gasteiger partial charge in [0.05, 0.1) is 17.7 Å². The van der Waals surface area contributed by atoms with Gasteiger partial charge in [-0.15, -0.1) is 0 Å². The van der Waals surface area contributed by atoms with E-state index in [9.17, 15) is 4.39 Å². The number of hydrogen-bond donors (Lipinski definition) is 1. The molecule has 0 amide bonds. The molecule has 2 aromatic carbocycles. The van der Waals surface area contributed by atoms with Gasteiger partial charge in [0.15, 0.2) is 0 Å². The molecule has 0 aliphatic carbocycles. The lowest BCUT2D eigenvalue weighted by Gasteiger charge is -2.14. The van der Waals surface area contributed by atoms with Crippen molar-refractivity contribution in [1.82, 2.24) is 0 Å². The highest BCUT2D eigenvalue weighted by Crippen LogP contribution is 2.44. The van der Waals surface area contributed by atoms with Crippen molar-refractivity contribution < 1.29 is 9.13 Å². The second-order valence-electron chi connectivity index (χ2n) is 5.44. The Labute approximate surface area is 129 Å². The predicted molar refractivity (Wildman–Crippen MR) is 81.5 cm³/mol. The van der Waals surface area contributed by atoms with Crippen LogP contribution in [0.3, 0.4) is 0 Å². The summed E-state index contributed by atoms with van der Waals surface area (Å²) in [5.41, 5.74) is 9.23. The average molecular weight is 296 g/mol. The molecule has 0 fully saturated rings. The van der Waals surface area contributed by atoms with Gasteiger partial charge in [0.1, 0.15) is 11.9 Å². The van der Waals surface area contributed by atoms with E-state index >= 15 is 0 Å². The van der Waals surface area contributed by atoms with Crippen molar-refractivity contribution in [3.05, 3.63) is 70.5 Å². The van der Waals surface area contributed by atoms with Crippen LogP contribution in [0.5, 0.6) is 0 Å². The van der Waals surface area contributed by atoms with Gasteiger partial charge < -0.3 is 10.5 Å². The Morgan fingerprint density at radius 3 is 2.59 bits per heavy atom.